The van der Waals surface area contributed by atoms with E-state index in [0.717, 1.165) is 18.7 Å². The van der Waals surface area contributed by atoms with Gasteiger partial charge in [-0.2, -0.15) is 5.10 Å². The van der Waals surface area contributed by atoms with Gasteiger partial charge in [0.2, 0.25) is 5.91 Å². The van der Waals surface area contributed by atoms with Crippen LogP contribution in [0.4, 0.5) is 0 Å². The number of hydrogen-bond donors (Lipinski definition) is 1. The lowest BCUT2D eigenvalue weighted by Gasteiger charge is -2.23. The van der Waals surface area contributed by atoms with Gasteiger partial charge in [0.05, 0.1) is 6.04 Å². The van der Waals surface area contributed by atoms with Gasteiger partial charge in [-0.15, -0.1) is 0 Å². The first-order chi connectivity index (χ1) is 8.59. The molecule has 0 radical (unpaired) electrons. The number of aryl methyl sites for hydroxylation is 1. The van der Waals surface area contributed by atoms with Crippen molar-refractivity contribution in [3.63, 3.8) is 0 Å². The van der Waals surface area contributed by atoms with Crippen LogP contribution in [-0.2, 0) is 11.8 Å². The highest BCUT2D eigenvalue weighted by Crippen LogP contribution is 2.23. The van der Waals surface area contributed by atoms with Gasteiger partial charge in [-0.05, 0) is 18.8 Å². The van der Waals surface area contributed by atoms with Crippen molar-refractivity contribution in [3.05, 3.63) is 24.3 Å². The Hall–Kier alpha value is -1.65. The minimum absolute atomic E-state index is 0.0781. The van der Waals surface area contributed by atoms with Crippen LogP contribution in [0.15, 0.2) is 18.5 Å². The van der Waals surface area contributed by atoms with Crippen LogP contribution in [0.5, 0.6) is 0 Å². The van der Waals surface area contributed by atoms with Gasteiger partial charge in [0.15, 0.2) is 0 Å². The van der Waals surface area contributed by atoms with E-state index < -0.39 is 0 Å². The van der Waals surface area contributed by atoms with Gasteiger partial charge >= 0.3 is 0 Å². The van der Waals surface area contributed by atoms with Crippen LogP contribution in [0.25, 0.3) is 0 Å². The number of allylic oxidation sites excluding steroid dienone is 2. The van der Waals surface area contributed by atoms with Gasteiger partial charge in [-0.25, -0.2) is 4.98 Å². The van der Waals surface area contributed by atoms with Crippen LogP contribution < -0.4 is 5.32 Å². The number of carbonyl (C=O) groups excluding carboxylic acids is 1. The largest absolute Gasteiger partial charge is 0.346 e. The lowest BCUT2D eigenvalue weighted by atomic mass is 10.0. The van der Waals surface area contributed by atoms with Crippen molar-refractivity contribution in [1.29, 1.82) is 0 Å². The monoisotopic (exact) mass is 248 g/mol. The summed E-state index contributed by atoms with van der Waals surface area (Å²) in [5, 5.41) is 7.17. The van der Waals surface area contributed by atoms with E-state index in [4.69, 9.17) is 0 Å². The van der Waals surface area contributed by atoms with Crippen LogP contribution in [0.3, 0.4) is 0 Å². The Bertz CT molecular complexity index is 442. The molecule has 0 spiro atoms. The van der Waals surface area contributed by atoms with Gasteiger partial charge in [0.1, 0.15) is 12.2 Å². The first-order valence-electron chi connectivity index (χ1n) is 6.39. The third-order valence-electron chi connectivity index (χ3n) is 3.37. The summed E-state index contributed by atoms with van der Waals surface area (Å²) in [6.45, 7) is 4.15. The van der Waals surface area contributed by atoms with E-state index in [1.807, 2.05) is 7.05 Å². The number of aromatic nitrogens is 3. The van der Waals surface area contributed by atoms with Crippen molar-refractivity contribution in [2.75, 3.05) is 0 Å². The standard InChI is InChI=1S/C13H20N4O/c1-9(2)11(12-14-8-15-17(12)3)16-13(18)10-6-4-5-7-10/h4-5,8-11H,6-7H2,1-3H3,(H,16,18)/t11-/m1/s1. The zero-order valence-electron chi connectivity index (χ0n) is 11.1. The van der Waals surface area contributed by atoms with Crippen LogP contribution in [0, 0.1) is 11.8 Å². The minimum atomic E-state index is -0.0781. The SMILES string of the molecule is CC(C)[C@@H](NC(=O)C1CC=CC1)c1ncnn1C. The molecule has 0 unspecified atom stereocenters. The average molecular weight is 248 g/mol. The summed E-state index contributed by atoms with van der Waals surface area (Å²) >= 11 is 0. The average Bonchev–Trinajstić information content (AvgIpc) is 2.96. The second-order valence-electron chi connectivity index (χ2n) is 5.11. The van der Waals surface area contributed by atoms with Crippen LogP contribution >= 0.6 is 0 Å². The lowest BCUT2D eigenvalue weighted by molar-refractivity contribution is -0.125. The number of hydrogen-bond acceptors (Lipinski definition) is 3. The van der Waals surface area contributed by atoms with E-state index in [9.17, 15) is 4.79 Å². The second kappa shape index (κ2) is 5.33. The molecular formula is C13H20N4O. The summed E-state index contributed by atoms with van der Waals surface area (Å²) in [5.74, 6) is 1.29. The topological polar surface area (TPSA) is 59.8 Å². The molecule has 1 amide bonds. The van der Waals surface area contributed by atoms with Gasteiger partial charge < -0.3 is 5.32 Å². The first kappa shape index (κ1) is 12.8. The minimum Gasteiger partial charge on any atom is -0.346 e. The molecule has 1 aromatic rings. The third kappa shape index (κ3) is 2.60. The second-order valence-corrected chi connectivity index (χ2v) is 5.11. The van der Waals surface area contributed by atoms with Gasteiger partial charge in [-0.1, -0.05) is 26.0 Å². The van der Waals surface area contributed by atoms with Crippen molar-refractivity contribution in [1.82, 2.24) is 20.1 Å². The highest BCUT2D eigenvalue weighted by Gasteiger charge is 2.26. The highest BCUT2D eigenvalue weighted by atomic mass is 16.2. The number of carbonyl (C=O) groups is 1. The van der Waals surface area contributed by atoms with E-state index in [2.05, 4.69) is 41.4 Å². The summed E-state index contributed by atoms with van der Waals surface area (Å²) in [6, 6.07) is -0.0781. The fourth-order valence-corrected chi connectivity index (χ4v) is 2.22. The first-order valence-corrected chi connectivity index (χ1v) is 6.39. The molecule has 0 fully saturated rings. The Labute approximate surface area is 107 Å². The molecule has 1 atom stereocenters. The molecule has 1 heterocycles. The highest BCUT2D eigenvalue weighted by molar-refractivity contribution is 5.79. The van der Waals surface area contributed by atoms with Crippen molar-refractivity contribution in [2.24, 2.45) is 18.9 Å². The van der Waals surface area contributed by atoms with E-state index >= 15 is 0 Å². The van der Waals surface area contributed by atoms with Gasteiger partial charge in [0, 0.05) is 13.0 Å². The summed E-state index contributed by atoms with van der Waals surface area (Å²) < 4.78 is 1.72. The Morgan fingerprint density at radius 3 is 2.61 bits per heavy atom. The van der Waals surface area contributed by atoms with Crippen molar-refractivity contribution < 1.29 is 4.79 Å². The molecule has 98 valence electrons. The predicted molar refractivity (Wildman–Crippen MR) is 68.6 cm³/mol. The normalized spacial score (nSPS) is 17.3. The summed E-state index contributed by atoms with van der Waals surface area (Å²) in [6.07, 6.45) is 7.34. The van der Waals surface area contributed by atoms with E-state index in [-0.39, 0.29) is 23.8 Å². The number of rotatable bonds is 4. The number of nitrogens with one attached hydrogen (secondary N) is 1. The zero-order valence-corrected chi connectivity index (χ0v) is 11.1. The van der Waals surface area contributed by atoms with E-state index in [0.29, 0.717) is 0 Å². The molecule has 2 rings (SSSR count). The fraction of sp³-hybridized carbons (Fsp3) is 0.615. The summed E-state index contributed by atoms with van der Waals surface area (Å²) in [4.78, 5) is 16.4. The summed E-state index contributed by atoms with van der Waals surface area (Å²) in [5.41, 5.74) is 0. The third-order valence-corrected chi connectivity index (χ3v) is 3.37. The van der Waals surface area contributed by atoms with E-state index in [1.54, 1.807) is 4.68 Å². The molecule has 0 bridgehead atoms. The van der Waals surface area contributed by atoms with Crippen LogP contribution in [0.1, 0.15) is 38.6 Å². The summed E-state index contributed by atoms with van der Waals surface area (Å²) in [7, 11) is 1.85. The molecule has 0 saturated heterocycles. The van der Waals surface area contributed by atoms with Gasteiger partial charge in [-0.3, -0.25) is 9.48 Å². The predicted octanol–water partition coefficient (Wildman–Crippen LogP) is 1.59. The zero-order chi connectivity index (χ0) is 13.1. The van der Waals surface area contributed by atoms with Crippen molar-refractivity contribution >= 4 is 5.91 Å². The molecular weight excluding hydrogens is 228 g/mol. The molecule has 1 aromatic heterocycles. The van der Waals surface area contributed by atoms with Crippen molar-refractivity contribution in [3.8, 4) is 0 Å². The van der Waals surface area contributed by atoms with Gasteiger partial charge in [0.25, 0.3) is 0 Å². The quantitative estimate of drug-likeness (QED) is 0.823. The molecule has 5 heteroatoms. The maximum atomic E-state index is 12.2. The Balaban J connectivity index is 2.07. The smallest absolute Gasteiger partial charge is 0.224 e. The Kier molecular flexibility index (Phi) is 3.79. The molecule has 0 saturated carbocycles. The molecule has 18 heavy (non-hydrogen) atoms. The number of nitrogens with zero attached hydrogens (tertiary/aromatic N) is 3. The maximum Gasteiger partial charge on any atom is 0.224 e. The van der Waals surface area contributed by atoms with E-state index in [1.165, 1.54) is 6.33 Å². The fourth-order valence-electron chi connectivity index (χ4n) is 2.22. The van der Waals surface area contributed by atoms with Crippen LogP contribution in [0.2, 0.25) is 0 Å². The maximum absolute atomic E-state index is 12.2. The molecule has 0 aromatic carbocycles. The molecule has 5 nitrogen and oxygen atoms in total. The Morgan fingerprint density at radius 1 is 1.44 bits per heavy atom. The molecule has 0 aliphatic heterocycles. The molecule has 1 aliphatic rings. The lowest BCUT2D eigenvalue weighted by Crippen LogP contribution is -2.37. The Morgan fingerprint density at radius 2 is 2.11 bits per heavy atom. The van der Waals surface area contributed by atoms with Crippen molar-refractivity contribution in [2.45, 2.75) is 32.7 Å². The number of amides is 1. The molecule has 1 N–H and O–H groups in total. The molecule has 1 aliphatic carbocycles. The van der Waals surface area contributed by atoms with Crippen LogP contribution in [-0.4, -0.2) is 20.7 Å².